The summed E-state index contributed by atoms with van der Waals surface area (Å²) in [4.78, 5) is 11.7. The number of nitrogens with two attached hydrogens (primary N) is 1. The second-order valence-corrected chi connectivity index (χ2v) is 6.86. The maximum Gasteiger partial charge on any atom is 0.230 e. The molecular formula is C14H19Cl3N2OS. The van der Waals surface area contributed by atoms with Gasteiger partial charge in [-0.25, -0.2) is 0 Å². The highest BCUT2D eigenvalue weighted by Gasteiger charge is 2.28. The van der Waals surface area contributed by atoms with E-state index in [0.717, 1.165) is 5.56 Å². The molecule has 3 N–H and O–H groups in total. The van der Waals surface area contributed by atoms with Crippen LogP contribution in [-0.2, 0) is 10.5 Å². The summed E-state index contributed by atoms with van der Waals surface area (Å²) >= 11 is 13.4. The molecule has 1 aromatic rings. The Morgan fingerprint density at radius 2 is 2.14 bits per heavy atom. The number of carbonyl (C=O) groups excluding carboxylic acids is 1. The van der Waals surface area contributed by atoms with Gasteiger partial charge in [-0.2, -0.15) is 0 Å². The number of nitrogens with one attached hydrogen (secondary N) is 1. The summed E-state index contributed by atoms with van der Waals surface area (Å²) in [5.74, 6) is 1.74. The van der Waals surface area contributed by atoms with Gasteiger partial charge in [0.05, 0.1) is 5.75 Å². The van der Waals surface area contributed by atoms with E-state index in [1.165, 1.54) is 24.6 Å². The number of halogens is 3. The molecule has 2 rings (SSSR count). The standard InChI is InChI=1S/C14H18Cl2N2OS.ClH/c15-11-4-3-10(12(16)5-11)7-20-8-14(19)18-6-13(17)9-1-2-9;/h3-5,9,13H,1-2,6-8,17H2,(H,18,19);1H. The fourth-order valence-electron chi connectivity index (χ4n) is 1.87. The van der Waals surface area contributed by atoms with Crippen molar-refractivity contribution in [1.82, 2.24) is 5.32 Å². The van der Waals surface area contributed by atoms with Crippen molar-refractivity contribution in [2.24, 2.45) is 11.7 Å². The molecule has 0 bridgehead atoms. The monoisotopic (exact) mass is 368 g/mol. The van der Waals surface area contributed by atoms with Gasteiger partial charge in [0.1, 0.15) is 0 Å². The summed E-state index contributed by atoms with van der Waals surface area (Å²) in [6.45, 7) is 0.575. The van der Waals surface area contributed by atoms with Crippen LogP contribution in [-0.4, -0.2) is 24.2 Å². The minimum absolute atomic E-state index is 0. The van der Waals surface area contributed by atoms with Crippen LogP contribution >= 0.6 is 47.4 Å². The normalized spacial score (nSPS) is 15.2. The Morgan fingerprint density at radius 1 is 1.43 bits per heavy atom. The van der Waals surface area contributed by atoms with Crippen LogP contribution < -0.4 is 11.1 Å². The van der Waals surface area contributed by atoms with Crippen molar-refractivity contribution >= 4 is 53.3 Å². The third-order valence-electron chi connectivity index (χ3n) is 3.27. The lowest BCUT2D eigenvalue weighted by molar-refractivity contribution is -0.118. The van der Waals surface area contributed by atoms with Crippen LogP contribution in [0.4, 0.5) is 0 Å². The Kier molecular flexibility index (Phi) is 8.21. The van der Waals surface area contributed by atoms with Crippen molar-refractivity contribution in [2.75, 3.05) is 12.3 Å². The molecule has 0 heterocycles. The van der Waals surface area contributed by atoms with Gasteiger partial charge >= 0.3 is 0 Å². The first-order chi connectivity index (χ1) is 9.56. The molecule has 0 spiro atoms. The fourth-order valence-corrected chi connectivity index (χ4v) is 3.28. The van der Waals surface area contributed by atoms with Gasteiger partial charge in [0.25, 0.3) is 0 Å². The summed E-state index contributed by atoms with van der Waals surface area (Å²) in [6, 6.07) is 5.51. The van der Waals surface area contributed by atoms with Gasteiger partial charge in [-0.05, 0) is 36.5 Å². The van der Waals surface area contributed by atoms with E-state index in [0.29, 0.717) is 34.0 Å². The molecule has 0 aromatic heterocycles. The van der Waals surface area contributed by atoms with Crippen LogP contribution in [0.2, 0.25) is 10.0 Å². The van der Waals surface area contributed by atoms with Crippen molar-refractivity contribution < 1.29 is 4.79 Å². The van der Waals surface area contributed by atoms with Gasteiger partial charge in [-0.15, -0.1) is 24.2 Å². The SMILES string of the molecule is Cl.NC(CNC(=O)CSCc1ccc(Cl)cc1Cl)C1CC1. The van der Waals surface area contributed by atoms with Crippen molar-refractivity contribution in [3.05, 3.63) is 33.8 Å². The zero-order chi connectivity index (χ0) is 14.5. The van der Waals surface area contributed by atoms with E-state index in [1.54, 1.807) is 12.1 Å². The molecule has 7 heteroatoms. The number of benzene rings is 1. The lowest BCUT2D eigenvalue weighted by Crippen LogP contribution is -2.39. The molecule has 21 heavy (non-hydrogen) atoms. The number of rotatable bonds is 7. The van der Waals surface area contributed by atoms with Crippen LogP contribution in [0.1, 0.15) is 18.4 Å². The van der Waals surface area contributed by atoms with E-state index in [4.69, 9.17) is 28.9 Å². The first kappa shape index (κ1) is 18.9. The van der Waals surface area contributed by atoms with Crippen molar-refractivity contribution in [3.8, 4) is 0 Å². The maximum absolute atomic E-state index is 11.7. The van der Waals surface area contributed by atoms with Crippen LogP contribution in [0, 0.1) is 5.92 Å². The molecule has 1 unspecified atom stereocenters. The minimum atomic E-state index is 0. The second kappa shape index (κ2) is 9.11. The van der Waals surface area contributed by atoms with Gasteiger partial charge in [-0.3, -0.25) is 4.79 Å². The number of amides is 1. The largest absolute Gasteiger partial charge is 0.354 e. The van der Waals surface area contributed by atoms with Crippen LogP contribution in [0.25, 0.3) is 0 Å². The zero-order valence-corrected chi connectivity index (χ0v) is 14.6. The first-order valence-corrected chi connectivity index (χ1v) is 8.51. The highest BCUT2D eigenvalue weighted by atomic mass is 35.5. The highest BCUT2D eigenvalue weighted by Crippen LogP contribution is 2.31. The minimum Gasteiger partial charge on any atom is -0.354 e. The molecule has 118 valence electrons. The second-order valence-electron chi connectivity index (χ2n) is 5.03. The molecule has 0 aliphatic heterocycles. The lowest BCUT2D eigenvalue weighted by Gasteiger charge is -2.11. The van der Waals surface area contributed by atoms with Crippen molar-refractivity contribution in [3.63, 3.8) is 0 Å². The van der Waals surface area contributed by atoms with Gasteiger partial charge in [0, 0.05) is 28.4 Å². The lowest BCUT2D eigenvalue weighted by atomic mass is 10.2. The smallest absolute Gasteiger partial charge is 0.230 e. The fraction of sp³-hybridized carbons (Fsp3) is 0.500. The van der Waals surface area contributed by atoms with Crippen molar-refractivity contribution in [2.45, 2.75) is 24.6 Å². The third-order valence-corrected chi connectivity index (χ3v) is 4.84. The molecule has 1 aliphatic rings. The highest BCUT2D eigenvalue weighted by molar-refractivity contribution is 7.99. The number of thioether (sulfide) groups is 1. The summed E-state index contributed by atoms with van der Waals surface area (Å²) in [5, 5.41) is 4.14. The van der Waals surface area contributed by atoms with E-state index >= 15 is 0 Å². The molecule has 0 radical (unpaired) electrons. The Hall–Kier alpha value is -0.130. The first-order valence-electron chi connectivity index (χ1n) is 6.60. The van der Waals surface area contributed by atoms with Gasteiger partial charge in [-0.1, -0.05) is 29.3 Å². The van der Waals surface area contributed by atoms with Crippen LogP contribution in [0.5, 0.6) is 0 Å². The Bertz CT molecular complexity index is 483. The van der Waals surface area contributed by atoms with Crippen molar-refractivity contribution in [1.29, 1.82) is 0 Å². The molecule has 1 aromatic carbocycles. The van der Waals surface area contributed by atoms with Gasteiger partial charge in [0.15, 0.2) is 0 Å². The molecule has 1 amide bonds. The predicted octanol–water partition coefficient (Wildman–Crippen LogP) is 3.50. The summed E-state index contributed by atoms with van der Waals surface area (Å²) < 4.78 is 0. The molecule has 1 fully saturated rings. The molecule has 0 saturated heterocycles. The molecule has 3 nitrogen and oxygen atoms in total. The Balaban J connectivity index is 0.00000220. The number of carbonyl (C=O) groups is 1. The summed E-state index contributed by atoms with van der Waals surface area (Å²) in [7, 11) is 0. The van der Waals surface area contributed by atoms with Crippen LogP contribution in [0.3, 0.4) is 0 Å². The Labute approximate surface area is 145 Å². The average Bonchev–Trinajstić information content (AvgIpc) is 3.23. The molecular weight excluding hydrogens is 351 g/mol. The van der Waals surface area contributed by atoms with E-state index in [-0.39, 0.29) is 24.4 Å². The summed E-state index contributed by atoms with van der Waals surface area (Å²) in [5.41, 5.74) is 6.92. The van der Waals surface area contributed by atoms with E-state index in [1.807, 2.05) is 6.07 Å². The topological polar surface area (TPSA) is 55.1 Å². The predicted molar refractivity (Wildman–Crippen MR) is 93.6 cm³/mol. The molecule has 1 aliphatic carbocycles. The number of hydrogen-bond acceptors (Lipinski definition) is 3. The quantitative estimate of drug-likeness (QED) is 0.773. The molecule has 1 saturated carbocycles. The van der Waals surface area contributed by atoms with Gasteiger partial charge < -0.3 is 11.1 Å². The maximum atomic E-state index is 11.7. The Morgan fingerprint density at radius 3 is 2.76 bits per heavy atom. The molecule has 1 atom stereocenters. The zero-order valence-electron chi connectivity index (χ0n) is 11.5. The third kappa shape index (κ3) is 6.66. The summed E-state index contributed by atoms with van der Waals surface area (Å²) in [6.07, 6.45) is 2.39. The van der Waals surface area contributed by atoms with Crippen LogP contribution in [0.15, 0.2) is 18.2 Å². The number of hydrogen-bond donors (Lipinski definition) is 2. The van der Waals surface area contributed by atoms with Gasteiger partial charge in [0.2, 0.25) is 5.91 Å². The average molecular weight is 370 g/mol. The van der Waals surface area contributed by atoms with E-state index in [9.17, 15) is 4.79 Å². The van der Waals surface area contributed by atoms with E-state index < -0.39 is 0 Å². The van der Waals surface area contributed by atoms with E-state index in [2.05, 4.69) is 5.32 Å².